The zero-order chi connectivity index (χ0) is 20.4. The van der Waals surface area contributed by atoms with Crippen molar-refractivity contribution in [1.82, 2.24) is 20.3 Å². The van der Waals surface area contributed by atoms with E-state index in [-0.39, 0.29) is 29.7 Å². The molecule has 1 fully saturated rings. The molecule has 1 unspecified atom stereocenters. The smallest absolute Gasteiger partial charge is 0.211 e. The summed E-state index contributed by atoms with van der Waals surface area (Å²) >= 11 is 1.79. The molecule has 0 saturated carbocycles. The highest BCUT2D eigenvalue weighted by Crippen LogP contribution is 2.29. The van der Waals surface area contributed by atoms with Crippen molar-refractivity contribution in [2.45, 2.75) is 39.7 Å². The molecular weight excluding hydrogens is 521 g/mol. The van der Waals surface area contributed by atoms with E-state index in [9.17, 15) is 8.42 Å². The quantitative estimate of drug-likeness (QED) is 0.178. The van der Waals surface area contributed by atoms with Gasteiger partial charge in [-0.1, -0.05) is 13.0 Å². The summed E-state index contributed by atoms with van der Waals surface area (Å²) in [6.45, 7) is 10.5. The summed E-state index contributed by atoms with van der Waals surface area (Å²) in [5.41, 5.74) is 0. The lowest BCUT2D eigenvalue weighted by molar-refractivity contribution is 0.143. The van der Waals surface area contributed by atoms with E-state index in [1.807, 2.05) is 6.92 Å². The molecule has 168 valence electrons. The van der Waals surface area contributed by atoms with E-state index in [1.165, 1.54) is 17.7 Å². The van der Waals surface area contributed by atoms with Gasteiger partial charge in [0, 0.05) is 24.5 Å². The van der Waals surface area contributed by atoms with E-state index >= 15 is 0 Å². The van der Waals surface area contributed by atoms with Gasteiger partial charge in [-0.3, -0.25) is 9.89 Å². The minimum absolute atomic E-state index is 0. The van der Waals surface area contributed by atoms with Crippen LogP contribution >= 0.6 is 35.3 Å². The Morgan fingerprint density at radius 2 is 2.00 bits per heavy atom. The van der Waals surface area contributed by atoms with Gasteiger partial charge in [0.1, 0.15) is 0 Å². The second-order valence-corrected chi connectivity index (χ2v) is 10.3. The minimum atomic E-state index is -3.16. The van der Waals surface area contributed by atoms with Gasteiger partial charge < -0.3 is 10.6 Å². The van der Waals surface area contributed by atoms with Crippen molar-refractivity contribution in [2.24, 2.45) is 10.9 Å². The lowest BCUT2D eigenvalue weighted by atomic mass is 9.97. The molecule has 7 nitrogen and oxygen atoms in total. The summed E-state index contributed by atoms with van der Waals surface area (Å²) in [6, 6.07) is 4.59. The van der Waals surface area contributed by atoms with Crippen LogP contribution in [-0.4, -0.2) is 64.3 Å². The molecule has 2 rings (SSSR count). The number of aliphatic imine (C=N–C) groups is 1. The van der Waals surface area contributed by atoms with Gasteiger partial charge in [-0.2, -0.15) is 0 Å². The highest BCUT2D eigenvalue weighted by Gasteiger charge is 2.25. The second-order valence-electron chi connectivity index (χ2n) is 7.19. The molecule has 0 bridgehead atoms. The molecule has 1 aromatic rings. The van der Waals surface area contributed by atoms with Crippen molar-refractivity contribution in [1.29, 1.82) is 0 Å². The van der Waals surface area contributed by atoms with Gasteiger partial charge in [-0.15, -0.1) is 35.3 Å². The van der Waals surface area contributed by atoms with E-state index in [2.05, 4.69) is 44.7 Å². The first-order chi connectivity index (χ1) is 13.4. The standard InChI is InChI=1S/C19H35N5O2S2.HI/c1-4-20-19(21-10-11-23-28(25,26)5-2)22-15-17(18-7-6-14-27-18)24-12-8-16(3)9-13-24;/h6-7,14,16-17,23H,4-5,8-13,15H2,1-3H3,(H2,20,21,22);1H. The number of sulfonamides is 1. The average molecular weight is 558 g/mol. The highest BCUT2D eigenvalue weighted by molar-refractivity contribution is 14.0. The molecule has 0 aromatic carbocycles. The molecule has 0 amide bonds. The number of hydrogen-bond donors (Lipinski definition) is 3. The monoisotopic (exact) mass is 557 g/mol. The van der Waals surface area contributed by atoms with Gasteiger partial charge >= 0.3 is 0 Å². The van der Waals surface area contributed by atoms with Crippen LogP contribution in [0.5, 0.6) is 0 Å². The molecule has 0 radical (unpaired) electrons. The molecule has 10 heteroatoms. The van der Waals surface area contributed by atoms with Crippen molar-refractivity contribution in [3.63, 3.8) is 0 Å². The molecule has 29 heavy (non-hydrogen) atoms. The SMILES string of the molecule is CCNC(=NCC(c1cccs1)N1CCC(C)CC1)NCCNS(=O)(=O)CC.I. The number of piperidine rings is 1. The number of nitrogens with one attached hydrogen (secondary N) is 3. The Hall–Kier alpha value is -0.430. The Balaban J connectivity index is 0.00000420. The van der Waals surface area contributed by atoms with Gasteiger partial charge in [0.15, 0.2) is 5.96 Å². The van der Waals surface area contributed by atoms with Crippen LogP contribution in [0.2, 0.25) is 0 Å². The maximum atomic E-state index is 11.5. The van der Waals surface area contributed by atoms with Crippen LogP contribution in [0.1, 0.15) is 44.5 Å². The molecule has 1 atom stereocenters. The number of rotatable bonds is 10. The third kappa shape index (κ3) is 9.50. The van der Waals surface area contributed by atoms with Gasteiger partial charge in [-0.05, 0) is 57.1 Å². The maximum absolute atomic E-state index is 11.5. The first-order valence-electron chi connectivity index (χ1n) is 10.2. The predicted octanol–water partition coefficient (Wildman–Crippen LogP) is 2.63. The highest BCUT2D eigenvalue weighted by atomic mass is 127. The van der Waals surface area contributed by atoms with Crippen LogP contribution in [0, 0.1) is 5.92 Å². The third-order valence-corrected chi connectivity index (χ3v) is 7.39. The zero-order valence-electron chi connectivity index (χ0n) is 17.7. The average Bonchev–Trinajstić information content (AvgIpc) is 3.21. The van der Waals surface area contributed by atoms with Gasteiger partial charge in [0.25, 0.3) is 0 Å². The van der Waals surface area contributed by atoms with Crippen LogP contribution in [-0.2, 0) is 10.0 Å². The number of hydrogen-bond acceptors (Lipinski definition) is 5. The van der Waals surface area contributed by atoms with E-state index in [0.29, 0.717) is 25.7 Å². The number of guanidine groups is 1. The largest absolute Gasteiger partial charge is 0.357 e. The van der Waals surface area contributed by atoms with Crippen molar-refractivity contribution in [3.8, 4) is 0 Å². The zero-order valence-corrected chi connectivity index (χ0v) is 21.6. The maximum Gasteiger partial charge on any atom is 0.211 e. The Bertz CT molecular complexity index is 689. The van der Waals surface area contributed by atoms with Crippen LogP contribution in [0.4, 0.5) is 0 Å². The molecular formula is C19H36IN5O2S2. The minimum Gasteiger partial charge on any atom is -0.357 e. The summed E-state index contributed by atoms with van der Waals surface area (Å²) in [5, 5.41) is 8.60. The number of thiophene rings is 1. The number of halogens is 1. The fraction of sp³-hybridized carbons (Fsp3) is 0.737. The van der Waals surface area contributed by atoms with Crippen LogP contribution < -0.4 is 15.4 Å². The Morgan fingerprint density at radius 1 is 1.28 bits per heavy atom. The summed E-state index contributed by atoms with van der Waals surface area (Å²) in [6.07, 6.45) is 2.48. The van der Waals surface area contributed by atoms with Crippen molar-refractivity contribution in [2.75, 3.05) is 45.0 Å². The Labute approximate surface area is 197 Å². The van der Waals surface area contributed by atoms with Crippen LogP contribution in [0.15, 0.2) is 22.5 Å². The van der Waals surface area contributed by atoms with E-state index in [4.69, 9.17) is 4.99 Å². The molecule has 1 saturated heterocycles. The predicted molar refractivity (Wildman–Crippen MR) is 134 cm³/mol. The lowest BCUT2D eigenvalue weighted by Gasteiger charge is -2.35. The fourth-order valence-electron chi connectivity index (χ4n) is 3.22. The van der Waals surface area contributed by atoms with E-state index in [1.54, 1.807) is 18.3 Å². The lowest BCUT2D eigenvalue weighted by Crippen LogP contribution is -2.42. The van der Waals surface area contributed by atoms with Gasteiger partial charge in [-0.25, -0.2) is 13.1 Å². The number of likely N-dealkylation sites (tertiary alicyclic amines) is 1. The third-order valence-electron chi connectivity index (χ3n) is 5.02. The summed E-state index contributed by atoms with van der Waals surface area (Å²) in [4.78, 5) is 8.70. The first kappa shape index (κ1) is 26.6. The topological polar surface area (TPSA) is 85.8 Å². The van der Waals surface area contributed by atoms with Crippen molar-refractivity contribution >= 4 is 51.3 Å². The fourth-order valence-corrected chi connectivity index (χ4v) is 4.68. The first-order valence-corrected chi connectivity index (χ1v) is 12.7. The summed E-state index contributed by atoms with van der Waals surface area (Å²) < 4.78 is 25.6. The molecule has 1 aromatic heterocycles. The van der Waals surface area contributed by atoms with Crippen molar-refractivity contribution in [3.05, 3.63) is 22.4 Å². The molecule has 1 aliphatic heterocycles. The molecule has 0 spiro atoms. The molecule has 1 aliphatic rings. The molecule has 0 aliphatic carbocycles. The Kier molecular flexibility index (Phi) is 12.7. The van der Waals surface area contributed by atoms with E-state index < -0.39 is 10.0 Å². The van der Waals surface area contributed by atoms with Crippen LogP contribution in [0.3, 0.4) is 0 Å². The second kappa shape index (κ2) is 13.8. The molecule has 3 N–H and O–H groups in total. The Morgan fingerprint density at radius 3 is 2.59 bits per heavy atom. The van der Waals surface area contributed by atoms with Crippen LogP contribution in [0.25, 0.3) is 0 Å². The number of nitrogens with zero attached hydrogens (tertiary/aromatic N) is 2. The van der Waals surface area contributed by atoms with Gasteiger partial charge in [0.05, 0.1) is 18.3 Å². The normalized spacial score (nSPS) is 17.6. The van der Waals surface area contributed by atoms with Gasteiger partial charge in [0.2, 0.25) is 10.0 Å². The molecule has 2 heterocycles. The van der Waals surface area contributed by atoms with Crippen molar-refractivity contribution < 1.29 is 8.42 Å². The summed E-state index contributed by atoms with van der Waals surface area (Å²) in [5.74, 6) is 1.62. The van der Waals surface area contributed by atoms with E-state index in [0.717, 1.165) is 31.5 Å². The summed E-state index contributed by atoms with van der Waals surface area (Å²) in [7, 11) is -3.16.